The molecule has 2 fully saturated rings. The fourth-order valence-electron chi connectivity index (χ4n) is 3.52. The van der Waals surface area contributed by atoms with Gasteiger partial charge in [-0.25, -0.2) is 0 Å². The van der Waals surface area contributed by atoms with E-state index in [-0.39, 0.29) is 5.54 Å². The molecule has 2 heterocycles. The Morgan fingerprint density at radius 2 is 1.50 bits per heavy atom. The van der Waals surface area contributed by atoms with Crippen LogP contribution in [0, 0.1) is 11.8 Å². The minimum atomic E-state index is -4.04. The van der Waals surface area contributed by atoms with Gasteiger partial charge in [-0.1, -0.05) is 0 Å². The fraction of sp³-hybridized carbons (Fsp3) is 1.00. The second kappa shape index (κ2) is 5.84. The molecule has 0 saturated carbocycles. The van der Waals surface area contributed by atoms with Gasteiger partial charge in [0.05, 0.1) is 6.54 Å². The van der Waals surface area contributed by atoms with Gasteiger partial charge < -0.3 is 0 Å². The van der Waals surface area contributed by atoms with Crippen molar-refractivity contribution in [3.8, 4) is 0 Å². The number of nitrogens with zero attached hydrogens (tertiary/aromatic N) is 2. The zero-order chi connectivity index (χ0) is 15.0. The first-order valence-electron chi connectivity index (χ1n) is 7.67. The summed E-state index contributed by atoms with van der Waals surface area (Å²) in [4.78, 5) is 4.04. The molecule has 0 radical (unpaired) electrons. The van der Waals surface area contributed by atoms with E-state index in [1.54, 1.807) is 0 Å². The lowest BCUT2D eigenvalue weighted by atomic mass is 9.83. The summed E-state index contributed by atoms with van der Waals surface area (Å²) in [5, 5.41) is 0. The fourth-order valence-corrected chi connectivity index (χ4v) is 3.52. The van der Waals surface area contributed by atoms with Crippen LogP contribution in [0.5, 0.6) is 0 Å². The van der Waals surface area contributed by atoms with E-state index in [1.165, 1.54) is 17.7 Å². The zero-order valence-corrected chi connectivity index (χ0v) is 12.8. The summed E-state index contributed by atoms with van der Waals surface area (Å²) < 4.78 is 36.7. The van der Waals surface area contributed by atoms with Crippen LogP contribution in [0.2, 0.25) is 0 Å². The van der Waals surface area contributed by atoms with Gasteiger partial charge in [0.1, 0.15) is 0 Å². The second-order valence-electron chi connectivity index (χ2n) is 7.51. The molecule has 2 rings (SSSR count). The van der Waals surface area contributed by atoms with Crippen LogP contribution in [-0.4, -0.2) is 54.2 Å². The Labute approximate surface area is 120 Å². The van der Waals surface area contributed by atoms with E-state index in [0.29, 0.717) is 24.9 Å². The van der Waals surface area contributed by atoms with Gasteiger partial charge in [-0.15, -0.1) is 0 Å². The monoisotopic (exact) mass is 292 g/mol. The van der Waals surface area contributed by atoms with E-state index >= 15 is 0 Å². The van der Waals surface area contributed by atoms with Crippen LogP contribution in [-0.2, 0) is 0 Å². The van der Waals surface area contributed by atoms with Crippen LogP contribution in [0.25, 0.3) is 0 Å². The third kappa shape index (κ3) is 4.62. The average Bonchev–Trinajstić information content (AvgIpc) is 2.24. The number of rotatable bonds is 3. The summed E-state index contributed by atoms with van der Waals surface area (Å²) in [5.74, 6) is 1.20. The molecule has 2 saturated heterocycles. The predicted octanol–water partition coefficient (Wildman–Crippen LogP) is 3.38. The molecule has 0 atom stereocenters. The Balaban J connectivity index is 1.63. The molecule has 0 amide bonds. The standard InChI is InChI=1S/C15H27F3N2/c1-14(2,3)20-6-4-12(5-7-20)8-13-9-19(10-13)11-15(16,17)18/h12-13H,4-11H2,1-3H3. The largest absolute Gasteiger partial charge is 0.401 e. The average molecular weight is 292 g/mol. The highest BCUT2D eigenvalue weighted by Crippen LogP contribution is 2.32. The molecule has 0 N–H and O–H groups in total. The van der Waals surface area contributed by atoms with E-state index in [4.69, 9.17) is 0 Å². The Kier molecular flexibility index (Phi) is 4.69. The van der Waals surface area contributed by atoms with Crippen molar-refractivity contribution in [1.82, 2.24) is 9.80 Å². The van der Waals surface area contributed by atoms with Crippen molar-refractivity contribution in [3.63, 3.8) is 0 Å². The minimum absolute atomic E-state index is 0.241. The molecule has 0 aliphatic carbocycles. The van der Waals surface area contributed by atoms with Gasteiger partial charge in [-0.2, -0.15) is 13.2 Å². The van der Waals surface area contributed by atoms with E-state index < -0.39 is 12.7 Å². The summed E-state index contributed by atoms with van der Waals surface area (Å²) in [7, 11) is 0. The lowest BCUT2D eigenvalue weighted by Crippen LogP contribution is -2.52. The van der Waals surface area contributed by atoms with Gasteiger partial charge in [-0.3, -0.25) is 9.80 Å². The van der Waals surface area contributed by atoms with Crippen LogP contribution in [0.3, 0.4) is 0 Å². The highest BCUT2D eigenvalue weighted by Gasteiger charge is 2.38. The topological polar surface area (TPSA) is 6.48 Å². The molecule has 0 aromatic heterocycles. The first kappa shape index (κ1) is 16.1. The molecular weight excluding hydrogens is 265 g/mol. The molecule has 0 bridgehead atoms. The molecule has 0 aromatic rings. The quantitative estimate of drug-likeness (QED) is 0.787. The second-order valence-corrected chi connectivity index (χ2v) is 7.51. The Morgan fingerprint density at radius 1 is 0.950 bits per heavy atom. The van der Waals surface area contributed by atoms with Crippen LogP contribution < -0.4 is 0 Å². The number of piperidine rings is 1. The summed E-state index contributed by atoms with van der Waals surface area (Å²) in [6.45, 7) is 9.54. The Morgan fingerprint density at radius 3 is 1.95 bits per heavy atom. The van der Waals surface area contributed by atoms with Crippen LogP contribution in [0.4, 0.5) is 13.2 Å². The van der Waals surface area contributed by atoms with Gasteiger partial charge in [0, 0.05) is 18.6 Å². The minimum Gasteiger partial charge on any atom is -0.298 e. The molecular formula is C15H27F3N2. The Hall–Kier alpha value is -0.290. The van der Waals surface area contributed by atoms with Gasteiger partial charge in [0.25, 0.3) is 0 Å². The van der Waals surface area contributed by atoms with Crippen molar-refractivity contribution in [2.24, 2.45) is 11.8 Å². The van der Waals surface area contributed by atoms with Crippen molar-refractivity contribution in [3.05, 3.63) is 0 Å². The molecule has 2 aliphatic heterocycles. The molecule has 118 valence electrons. The lowest BCUT2D eigenvalue weighted by Gasteiger charge is -2.44. The smallest absolute Gasteiger partial charge is 0.298 e. The lowest BCUT2D eigenvalue weighted by molar-refractivity contribution is -0.159. The number of hydrogen-bond donors (Lipinski definition) is 0. The highest BCUT2D eigenvalue weighted by molar-refractivity contribution is 4.87. The van der Waals surface area contributed by atoms with Gasteiger partial charge in [-0.05, 0) is 65.0 Å². The first-order valence-corrected chi connectivity index (χ1v) is 7.67. The molecule has 0 aromatic carbocycles. The highest BCUT2D eigenvalue weighted by atomic mass is 19.4. The molecule has 5 heteroatoms. The number of alkyl halides is 3. The Bertz CT molecular complexity index is 308. The SMILES string of the molecule is CC(C)(C)N1CCC(CC2CN(CC(F)(F)F)C2)CC1. The summed E-state index contributed by atoms with van der Waals surface area (Å²) in [6, 6.07) is 0. The van der Waals surface area contributed by atoms with Crippen molar-refractivity contribution in [1.29, 1.82) is 0 Å². The maximum absolute atomic E-state index is 12.2. The maximum Gasteiger partial charge on any atom is 0.401 e. The van der Waals surface area contributed by atoms with E-state index in [9.17, 15) is 13.2 Å². The van der Waals surface area contributed by atoms with Crippen molar-refractivity contribution in [2.45, 2.75) is 51.7 Å². The van der Waals surface area contributed by atoms with Crippen molar-refractivity contribution >= 4 is 0 Å². The number of likely N-dealkylation sites (tertiary alicyclic amines) is 2. The van der Waals surface area contributed by atoms with Gasteiger partial charge >= 0.3 is 6.18 Å². The third-order valence-electron chi connectivity index (χ3n) is 4.67. The first-order chi connectivity index (χ1) is 9.13. The number of hydrogen-bond acceptors (Lipinski definition) is 2. The molecule has 0 spiro atoms. The van der Waals surface area contributed by atoms with Crippen LogP contribution in [0.15, 0.2) is 0 Å². The zero-order valence-electron chi connectivity index (χ0n) is 12.8. The summed E-state index contributed by atoms with van der Waals surface area (Å²) >= 11 is 0. The predicted molar refractivity (Wildman–Crippen MR) is 74.7 cm³/mol. The van der Waals surface area contributed by atoms with Gasteiger partial charge in [0.15, 0.2) is 0 Å². The van der Waals surface area contributed by atoms with Crippen molar-refractivity contribution < 1.29 is 13.2 Å². The van der Waals surface area contributed by atoms with E-state index in [1.807, 2.05) is 0 Å². The summed E-state index contributed by atoms with van der Waals surface area (Å²) in [6.07, 6.45) is -0.518. The van der Waals surface area contributed by atoms with E-state index in [0.717, 1.165) is 19.5 Å². The van der Waals surface area contributed by atoms with E-state index in [2.05, 4.69) is 25.7 Å². The summed E-state index contributed by atoms with van der Waals surface area (Å²) in [5.41, 5.74) is 0.241. The molecule has 2 aliphatic rings. The van der Waals surface area contributed by atoms with Crippen LogP contribution in [0.1, 0.15) is 40.0 Å². The van der Waals surface area contributed by atoms with Crippen LogP contribution >= 0.6 is 0 Å². The molecule has 2 nitrogen and oxygen atoms in total. The molecule has 20 heavy (non-hydrogen) atoms. The van der Waals surface area contributed by atoms with Crippen molar-refractivity contribution in [2.75, 3.05) is 32.7 Å². The maximum atomic E-state index is 12.2. The number of halogens is 3. The molecule has 0 unspecified atom stereocenters. The van der Waals surface area contributed by atoms with Gasteiger partial charge in [0.2, 0.25) is 0 Å². The normalized spacial score (nSPS) is 24.9. The third-order valence-corrected chi connectivity index (χ3v) is 4.67.